The van der Waals surface area contributed by atoms with Gasteiger partial charge in [0.25, 0.3) is 30.4 Å². The fourth-order valence-electron chi connectivity index (χ4n) is 11.8. The van der Waals surface area contributed by atoms with Crippen molar-refractivity contribution in [3.05, 3.63) is 0 Å². The Morgan fingerprint density at radius 1 is 0.714 bits per heavy atom. The van der Waals surface area contributed by atoms with E-state index in [-0.39, 0.29) is 36.0 Å². The van der Waals surface area contributed by atoms with Gasteiger partial charge in [0.05, 0.1) is 5.25 Å². The van der Waals surface area contributed by atoms with Gasteiger partial charge in [-0.15, -0.1) is 0 Å². The molecule has 0 spiro atoms. The van der Waals surface area contributed by atoms with Gasteiger partial charge in [-0.25, -0.2) is 0 Å². The molecule has 0 aromatic carbocycles. The molecule has 0 bridgehead atoms. The molecule has 0 aromatic heterocycles. The van der Waals surface area contributed by atoms with Gasteiger partial charge in [0.1, 0.15) is 10.5 Å². The molecule has 5 aliphatic rings. The molecule has 5 fully saturated rings. The van der Waals surface area contributed by atoms with Crippen molar-refractivity contribution in [3.63, 3.8) is 0 Å². The van der Waals surface area contributed by atoms with Crippen molar-refractivity contribution in [3.8, 4) is 0 Å². The van der Waals surface area contributed by atoms with Crippen LogP contribution in [-0.2, 0) is 30.4 Å². The van der Waals surface area contributed by atoms with Crippen LogP contribution in [0.4, 0.5) is 0 Å². The minimum Gasteiger partial charge on any atom is -0.285 e. The highest BCUT2D eigenvalue weighted by Crippen LogP contribution is 2.70. The van der Waals surface area contributed by atoms with E-state index in [4.69, 9.17) is 0 Å². The first-order chi connectivity index (χ1) is 19.1. The van der Waals surface area contributed by atoms with Crippen LogP contribution < -0.4 is 0 Å². The summed E-state index contributed by atoms with van der Waals surface area (Å²) in [5.74, 6) is 1.68. The lowest BCUT2D eigenvalue weighted by Gasteiger charge is -2.63. The number of fused-ring (bicyclic) bond motifs is 5. The summed E-state index contributed by atoms with van der Waals surface area (Å²) in [5.41, 5.74) is -0.491. The van der Waals surface area contributed by atoms with Crippen LogP contribution in [0.1, 0.15) is 106 Å². The zero-order chi connectivity index (χ0) is 31.4. The minimum absolute atomic E-state index is 0.00179. The highest BCUT2D eigenvalue weighted by Gasteiger charge is 2.67. The van der Waals surface area contributed by atoms with Gasteiger partial charge in [-0.05, 0) is 128 Å². The van der Waals surface area contributed by atoms with Crippen molar-refractivity contribution >= 4 is 30.4 Å². The monoisotopic (exact) mass is 652 g/mol. The summed E-state index contributed by atoms with van der Waals surface area (Å²) in [6.07, 6.45) is 6.89. The summed E-state index contributed by atoms with van der Waals surface area (Å²) >= 11 is 0. The molecule has 3 N–H and O–H groups in total. The Kier molecular flexibility index (Phi) is 8.18. The third-order valence-electron chi connectivity index (χ3n) is 14.3. The lowest BCUT2D eigenvalue weighted by Crippen LogP contribution is -2.63. The maximum Gasteiger partial charge on any atom is 0.269 e. The maximum atomic E-state index is 12.9. The van der Waals surface area contributed by atoms with E-state index < -0.39 is 63.9 Å². The summed E-state index contributed by atoms with van der Waals surface area (Å²) < 4.78 is 106. The highest BCUT2D eigenvalue weighted by molar-refractivity contribution is 7.90. The Morgan fingerprint density at radius 3 is 1.76 bits per heavy atom. The van der Waals surface area contributed by atoms with Crippen LogP contribution in [0.25, 0.3) is 0 Å². The molecule has 5 rings (SSSR count). The van der Waals surface area contributed by atoms with E-state index in [1.807, 2.05) is 6.92 Å². The Balaban J connectivity index is 1.45. The first-order valence-corrected chi connectivity index (χ1v) is 20.5. The van der Waals surface area contributed by atoms with Gasteiger partial charge in [0, 0.05) is 0 Å². The zero-order valence-electron chi connectivity index (χ0n) is 25.9. The summed E-state index contributed by atoms with van der Waals surface area (Å²) in [6.45, 7) is 13.6. The minimum atomic E-state index is -4.91. The smallest absolute Gasteiger partial charge is 0.269 e. The molecule has 13 unspecified atom stereocenters. The Bertz CT molecular complexity index is 1390. The van der Waals surface area contributed by atoms with Gasteiger partial charge in [-0.2, -0.15) is 25.3 Å². The van der Waals surface area contributed by atoms with E-state index in [1.54, 1.807) is 0 Å². The maximum absolute atomic E-state index is 12.9. The number of rotatable bonds is 8. The molecule has 5 aliphatic carbocycles. The second kappa shape index (κ2) is 10.4. The normalized spacial score (nSPS) is 48.3. The van der Waals surface area contributed by atoms with Crippen LogP contribution in [0, 0.1) is 63.6 Å². The predicted octanol–water partition coefficient (Wildman–Crippen LogP) is 5.73. The third-order valence-corrected chi connectivity index (χ3v) is 18.3. The number of hydrogen-bond acceptors (Lipinski definition) is 6. The van der Waals surface area contributed by atoms with Crippen LogP contribution in [0.3, 0.4) is 0 Å². The fourth-order valence-corrected chi connectivity index (χ4v) is 16.0. The molecule has 0 amide bonds. The molecular weight excluding hydrogens is 601 g/mol. The Labute approximate surface area is 253 Å². The van der Waals surface area contributed by atoms with Gasteiger partial charge in [-0.3, -0.25) is 13.7 Å². The molecule has 42 heavy (non-hydrogen) atoms. The highest BCUT2D eigenvalue weighted by atomic mass is 32.2. The van der Waals surface area contributed by atoms with E-state index in [9.17, 15) is 38.9 Å². The lowest BCUT2D eigenvalue weighted by atomic mass is 9.44. The van der Waals surface area contributed by atoms with Gasteiger partial charge < -0.3 is 0 Å². The molecule has 0 heterocycles. The summed E-state index contributed by atoms with van der Waals surface area (Å²) in [4.78, 5) is 0. The van der Waals surface area contributed by atoms with E-state index in [0.717, 1.165) is 31.6 Å². The first-order valence-electron chi connectivity index (χ1n) is 16.0. The van der Waals surface area contributed by atoms with Gasteiger partial charge in [-0.1, -0.05) is 41.5 Å². The molecule has 0 saturated heterocycles. The quantitative estimate of drug-likeness (QED) is 0.278. The van der Waals surface area contributed by atoms with Crippen LogP contribution in [0.15, 0.2) is 0 Å². The first kappa shape index (κ1) is 33.1. The van der Waals surface area contributed by atoms with Gasteiger partial charge >= 0.3 is 0 Å². The van der Waals surface area contributed by atoms with Crippen molar-refractivity contribution in [1.29, 1.82) is 0 Å². The molecule has 244 valence electrons. The molecule has 0 aromatic rings. The molecule has 9 nitrogen and oxygen atoms in total. The van der Waals surface area contributed by atoms with Crippen molar-refractivity contribution < 1.29 is 38.9 Å². The van der Waals surface area contributed by atoms with Crippen molar-refractivity contribution in [2.75, 3.05) is 0 Å². The van der Waals surface area contributed by atoms with Crippen LogP contribution >= 0.6 is 0 Å². The van der Waals surface area contributed by atoms with Gasteiger partial charge in [0.2, 0.25) is 0 Å². The van der Waals surface area contributed by atoms with Crippen molar-refractivity contribution in [2.24, 2.45) is 63.6 Å². The molecular formula is C30H52O9S3. The average molecular weight is 653 g/mol. The molecule has 13 atom stereocenters. The Hall–Kier alpha value is -0.270. The lowest BCUT2D eigenvalue weighted by molar-refractivity contribution is -0.112. The average Bonchev–Trinajstić information content (AvgIpc) is 3.37. The van der Waals surface area contributed by atoms with E-state index in [2.05, 4.69) is 34.6 Å². The Morgan fingerprint density at radius 2 is 1.26 bits per heavy atom. The van der Waals surface area contributed by atoms with Crippen LogP contribution in [0.2, 0.25) is 0 Å². The largest absolute Gasteiger partial charge is 0.285 e. The fraction of sp³-hybridized carbons (Fsp3) is 1.00. The van der Waals surface area contributed by atoms with Gasteiger partial charge in [0.15, 0.2) is 0 Å². The standard InChI is InChI=1S/C30H52O9S3/c1-17(2)30(15-19(30)4)12-9-18(3)21-7-8-22-20-13-25(40(31,32)33)24-14-26(41(34,35)36)27(42(37,38)39)16-29(24,6)23(20)10-11-28(21,22)5/h17-27H,7-16H2,1-6H3,(H,31,32,33)(H,34,35,36)(H,37,38,39). The van der Waals surface area contributed by atoms with Crippen molar-refractivity contribution in [1.82, 2.24) is 0 Å². The predicted molar refractivity (Wildman–Crippen MR) is 161 cm³/mol. The van der Waals surface area contributed by atoms with E-state index in [0.29, 0.717) is 23.2 Å². The zero-order valence-corrected chi connectivity index (χ0v) is 28.4. The second-order valence-corrected chi connectivity index (χ2v) is 21.0. The second-order valence-electron chi connectivity index (χ2n) is 16.1. The van der Waals surface area contributed by atoms with E-state index in [1.165, 1.54) is 19.3 Å². The van der Waals surface area contributed by atoms with E-state index >= 15 is 0 Å². The SMILES string of the molecule is CC(CCC1(C(C)C)CC1C)C1CCC2C3CC(S(=O)(=O)O)C4CC(S(=O)(=O)O)C(S(=O)(=O)O)CC4(C)C3CCC12C. The summed E-state index contributed by atoms with van der Waals surface area (Å²) in [5, 5.41) is -4.85. The molecule has 12 heteroatoms. The molecule has 5 saturated carbocycles. The van der Waals surface area contributed by atoms with Crippen LogP contribution in [-0.4, -0.2) is 54.7 Å². The number of hydrogen-bond donors (Lipinski definition) is 3. The summed E-state index contributed by atoms with van der Waals surface area (Å²) in [7, 11) is -14.4. The topological polar surface area (TPSA) is 163 Å². The molecule has 0 aliphatic heterocycles. The van der Waals surface area contributed by atoms with Crippen molar-refractivity contribution in [2.45, 2.75) is 122 Å². The summed E-state index contributed by atoms with van der Waals surface area (Å²) in [6, 6.07) is 0. The van der Waals surface area contributed by atoms with Crippen LogP contribution in [0.5, 0.6) is 0 Å². The third kappa shape index (κ3) is 5.23. The molecule has 0 radical (unpaired) electrons.